The summed E-state index contributed by atoms with van der Waals surface area (Å²) in [6.45, 7) is 2.05. The predicted octanol–water partition coefficient (Wildman–Crippen LogP) is 2.37. The van der Waals surface area contributed by atoms with E-state index in [4.69, 9.17) is 0 Å². The quantitative estimate of drug-likeness (QED) is 0.811. The summed E-state index contributed by atoms with van der Waals surface area (Å²) in [7, 11) is 0. The van der Waals surface area contributed by atoms with Gasteiger partial charge in [-0.05, 0) is 18.6 Å². The van der Waals surface area contributed by atoms with Crippen LogP contribution in [0.15, 0.2) is 30.3 Å². The lowest BCUT2D eigenvalue weighted by atomic mass is 10.2. The number of amides is 2. The number of rotatable bonds is 5. The average Bonchev–Trinajstić information content (AvgIpc) is 2.70. The molecule has 0 aliphatic carbocycles. The van der Waals surface area contributed by atoms with E-state index in [-0.39, 0.29) is 18.0 Å². The van der Waals surface area contributed by atoms with E-state index < -0.39 is 0 Å². The first-order valence-corrected chi connectivity index (χ1v) is 6.39. The number of para-hydroxylation sites is 1. The molecule has 1 fully saturated rings. The van der Waals surface area contributed by atoms with Crippen LogP contribution in [-0.4, -0.2) is 22.9 Å². The third kappa shape index (κ3) is 2.70. The molecule has 2 rings (SSSR count). The number of carbonyl (C=O) groups is 2. The summed E-state index contributed by atoms with van der Waals surface area (Å²) in [5.74, 6) is -0.135. The van der Waals surface area contributed by atoms with Crippen molar-refractivity contribution in [3.8, 4) is 0 Å². The van der Waals surface area contributed by atoms with Crippen LogP contribution in [0, 0.1) is 0 Å². The Balaban J connectivity index is 2.13. The topological polar surface area (TPSA) is 49.4 Å². The van der Waals surface area contributed by atoms with Crippen molar-refractivity contribution in [3.05, 3.63) is 30.3 Å². The van der Waals surface area contributed by atoms with Crippen molar-refractivity contribution in [3.63, 3.8) is 0 Å². The normalized spacial score (nSPS) is 17.1. The van der Waals surface area contributed by atoms with Gasteiger partial charge in [-0.25, -0.2) is 0 Å². The highest BCUT2D eigenvalue weighted by Gasteiger charge is 2.34. The Hall–Kier alpha value is -1.84. The van der Waals surface area contributed by atoms with Gasteiger partial charge in [-0.2, -0.15) is 0 Å². The van der Waals surface area contributed by atoms with Crippen LogP contribution < -0.4 is 5.32 Å². The van der Waals surface area contributed by atoms with Crippen molar-refractivity contribution in [1.29, 1.82) is 0 Å². The Morgan fingerprint density at radius 1 is 1.17 bits per heavy atom. The number of nitrogens with zero attached hydrogens (tertiary/aromatic N) is 1. The van der Waals surface area contributed by atoms with E-state index in [1.54, 1.807) is 0 Å². The fraction of sp³-hybridized carbons (Fsp3) is 0.429. The molecule has 1 aliphatic heterocycles. The smallest absolute Gasteiger partial charge is 0.231 e. The average molecular weight is 246 g/mol. The van der Waals surface area contributed by atoms with Crippen LogP contribution in [0.5, 0.6) is 0 Å². The second-order valence-electron chi connectivity index (χ2n) is 4.47. The summed E-state index contributed by atoms with van der Waals surface area (Å²) in [5, 5.41) is 3.27. The van der Waals surface area contributed by atoms with Crippen molar-refractivity contribution < 1.29 is 9.59 Å². The van der Waals surface area contributed by atoms with E-state index in [2.05, 4.69) is 5.32 Å². The molecule has 1 saturated heterocycles. The first kappa shape index (κ1) is 12.6. The Kier molecular flexibility index (Phi) is 3.97. The second kappa shape index (κ2) is 5.67. The van der Waals surface area contributed by atoms with Gasteiger partial charge < -0.3 is 5.32 Å². The number of hydrogen-bond donors (Lipinski definition) is 1. The molecule has 0 aromatic heterocycles. The highest BCUT2D eigenvalue weighted by Crippen LogP contribution is 2.20. The fourth-order valence-corrected chi connectivity index (χ4v) is 2.21. The number of imide groups is 1. The van der Waals surface area contributed by atoms with Gasteiger partial charge in [-0.15, -0.1) is 0 Å². The largest absolute Gasteiger partial charge is 0.365 e. The van der Waals surface area contributed by atoms with Crippen molar-refractivity contribution in [2.24, 2.45) is 0 Å². The van der Waals surface area contributed by atoms with Crippen molar-refractivity contribution in [1.82, 2.24) is 4.90 Å². The molecule has 4 heteroatoms. The fourth-order valence-electron chi connectivity index (χ4n) is 2.21. The molecule has 0 spiro atoms. The van der Waals surface area contributed by atoms with Gasteiger partial charge >= 0.3 is 0 Å². The lowest BCUT2D eigenvalue weighted by Gasteiger charge is -2.27. The van der Waals surface area contributed by atoms with Gasteiger partial charge in [-0.3, -0.25) is 14.5 Å². The summed E-state index contributed by atoms with van der Waals surface area (Å²) < 4.78 is 0. The maximum atomic E-state index is 11.8. The number of anilines is 1. The van der Waals surface area contributed by atoms with Gasteiger partial charge in [0.15, 0.2) is 0 Å². The molecule has 96 valence electrons. The first-order chi connectivity index (χ1) is 8.72. The third-order valence-corrected chi connectivity index (χ3v) is 3.07. The minimum atomic E-state index is -0.222. The number of carbonyl (C=O) groups excluding carboxylic acids is 2. The van der Waals surface area contributed by atoms with Crippen molar-refractivity contribution in [2.45, 2.75) is 38.8 Å². The van der Waals surface area contributed by atoms with E-state index in [1.807, 2.05) is 37.3 Å². The number of benzene rings is 1. The highest BCUT2D eigenvalue weighted by atomic mass is 16.2. The molecular weight excluding hydrogens is 228 g/mol. The van der Waals surface area contributed by atoms with Crippen LogP contribution in [0.3, 0.4) is 0 Å². The van der Waals surface area contributed by atoms with E-state index in [0.29, 0.717) is 12.8 Å². The molecule has 0 unspecified atom stereocenters. The Labute approximate surface area is 107 Å². The van der Waals surface area contributed by atoms with Crippen LogP contribution in [0.4, 0.5) is 5.69 Å². The van der Waals surface area contributed by atoms with Crippen molar-refractivity contribution >= 4 is 17.5 Å². The Morgan fingerprint density at radius 3 is 2.33 bits per heavy atom. The molecule has 1 N–H and O–H groups in total. The van der Waals surface area contributed by atoms with Gasteiger partial charge in [0, 0.05) is 18.5 Å². The minimum absolute atomic E-state index is 0.0677. The maximum Gasteiger partial charge on any atom is 0.231 e. The molecule has 1 aromatic rings. The molecule has 1 aliphatic rings. The molecule has 1 heterocycles. The van der Waals surface area contributed by atoms with Gasteiger partial charge in [0.1, 0.15) is 6.17 Å². The summed E-state index contributed by atoms with van der Waals surface area (Å²) in [5.41, 5.74) is 0.934. The molecule has 4 nitrogen and oxygen atoms in total. The van der Waals surface area contributed by atoms with Crippen LogP contribution in [0.25, 0.3) is 0 Å². The van der Waals surface area contributed by atoms with Crippen LogP contribution >= 0.6 is 0 Å². The highest BCUT2D eigenvalue weighted by molar-refractivity contribution is 6.02. The molecule has 0 bridgehead atoms. The third-order valence-electron chi connectivity index (χ3n) is 3.07. The summed E-state index contributed by atoms with van der Waals surface area (Å²) in [6, 6.07) is 9.67. The molecule has 0 saturated carbocycles. The van der Waals surface area contributed by atoms with Gasteiger partial charge in [0.2, 0.25) is 11.8 Å². The number of nitrogens with one attached hydrogen (secondary N) is 1. The minimum Gasteiger partial charge on any atom is -0.365 e. The first-order valence-electron chi connectivity index (χ1n) is 6.39. The molecule has 0 radical (unpaired) electrons. The molecule has 18 heavy (non-hydrogen) atoms. The summed E-state index contributed by atoms with van der Waals surface area (Å²) >= 11 is 0. The van der Waals surface area contributed by atoms with Gasteiger partial charge in [0.25, 0.3) is 0 Å². The zero-order chi connectivity index (χ0) is 13.0. The van der Waals surface area contributed by atoms with Gasteiger partial charge in [0.05, 0.1) is 0 Å². The molecule has 1 atom stereocenters. The Bertz CT molecular complexity index is 415. The zero-order valence-corrected chi connectivity index (χ0v) is 10.6. The standard InChI is InChI=1S/C14H18N2O2/c1-2-6-12(15-11-7-4-3-5-8-11)16-13(17)9-10-14(16)18/h3-5,7-8,12,15H,2,6,9-10H2,1H3/t12-/m0/s1. The Morgan fingerprint density at radius 2 is 1.78 bits per heavy atom. The van der Waals surface area contributed by atoms with E-state index >= 15 is 0 Å². The van der Waals surface area contributed by atoms with Crippen LogP contribution in [0.1, 0.15) is 32.6 Å². The van der Waals surface area contributed by atoms with Crippen molar-refractivity contribution in [2.75, 3.05) is 5.32 Å². The van der Waals surface area contributed by atoms with Gasteiger partial charge in [-0.1, -0.05) is 31.5 Å². The van der Waals surface area contributed by atoms with Crippen LogP contribution in [-0.2, 0) is 9.59 Å². The summed E-state index contributed by atoms with van der Waals surface area (Å²) in [6.07, 6.45) is 2.15. The monoisotopic (exact) mass is 246 g/mol. The zero-order valence-electron chi connectivity index (χ0n) is 10.6. The lowest BCUT2D eigenvalue weighted by Crippen LogP contribution is -2.44. The summed E-state index contributed by atoms with van der Waals surface area (Å²) in [4.78, 5) is 24.9. The SMILES string of the molecule is CCC[C@@H](Nc1ccccc1)N1C(=O)CCC1=O. The molecule has 1 aromatic carbocycles. The predicted molar refractivity (Wildman–Crippen MR) is 69.8 cm³/mol. The molecular formula is C14H18N2O2. The number of likely N-dealkylation sites (tertiary alicyclic amines) is 1. The van der Waals surface area contributed by atoms with E-state index in [1.165, 1.54) is 4.90 Å². The van der Waals surface area contributed by atoms with E-state index in [9.17, 15) is 9.59 Å². The molecule has 2 amide bonds. The second-order valence-corrected chi connectivity index (χ2v) is 4.47. The van der Waals surface area contributed by atoms with Crippen LogP contribution in [0.2, 0.25) is 0 Å². The maximum absolute atomic E-state index is 11.8. The number of hydrogen-bond acceptors (Lipinski definition) is 3. The van der Waals surface area contributed by atoms with E-state index in [0.717, 1.165) is 18.5 Å². The lowest BCUT2D eigenvalue weighted by molar-refractivity contribution is -0.140.